The fourth-order valence-corrected chi connectivity index (χ4v) is 2.49. The largest absolute Gasteiger partial charge is 0.487 e. The van der Waals surface area contributed by atoms with E-state index in [1.807, 2.05) is 13.0 Å². The first-order chi connectivity index (χ1) is 10.1. The number of rotatable bonds is 6. The summed E-state index contributed by atoms with van der Waals surface area (Å²) in [5.41, 5.74) is 1.77. The van der Waals surface area contributed by atoms with Crippen LogP contribution in [0.3, 0.4) is 0 Å². The van der Waals surface area contributed by atoms with Crippen LogP contribution in [0.2, 0.25) is 10.0 Å². The Morgan fingerprint density at radius 3 is 2.52 bits per heavy atom. The summed E-state index contributed by atoms with van der Waals surface area (Å²) in [7, 11) is 0. The predicted octanol–water partition coefficient (Wildman–Crippen LogP) is 4.82. The van der Waals surface area contributed by atoms with Gasteiger partial charge < -0.3 is 10.1 Å². The molecule has 5 heteroatoms. The number of hydrogen-bond donors (Lipinski definition) is 1. The molecule has 0 saturated heterocycles. The van der Waals surface area contributed by atoms with Gasteiger partial charge in [0.25, 0.3) is 0 Å². The van der Waals surface area contributed by atoms with Crippen LogP contribution in [0.1, 0.15) is 18.1 Å². The second-order valence-corrected chi connectivity index (χ2v) is 5.41. The average molecular weight is 328 g/mol. The van der Waals surface area contributed by atoms with Crippen molar-refractivity contribution in [1.29, 1.82) is 0 Å². The van der Waals surface area contributed by atoms with E-state index in [1.165, 1.54) is 12.1 Å². The third-order valence-electron chi connectivity index (χ3n) is 2.95. The predicted molar refractivity (Wildman–Crippen MR) is 84.6 cm³/mol. The highest BCUT2D eigenvalue weighted by Gasteiger charge is 2.11. The van der Waals surface area contributed by atoms with Crippen molar-refractivity contribution in [3.05, 3.63) is 63.4 Å². The lowest BCUT2D eigenvalue weighted by Gasteiger charge is -2.14. The van der Waals surface area contributed by atoms with Gasteiger partial charge in [-0.05, 0) is 36.4 Å². The Kier molecular flexibility index (Phi) is 5.85. The Balaban J connectivity index is 2.15. The molecule has 2 aromatic rings. The summed E-state index contributed by atoms with van der Waals surface area (Å²) in [6.45, 7) is 3.79. The van der Waals surface area contributed by atoms with Gasteiger partial charge >= 0.3 is 0 Å². The number of nitrogens with one attached hydrogen (secondary N) is 1. The van der Waals surface area contributed by atoms with Gasteiger partial charge in [-0.25, -0.2) is 4.39 Å². The molecule has 0 atom stereocenters. The molecule has 0 saturated carbocycles. The van der Waals surface area contributed by atoms with E-state index < -0.39 is 0 Å². The second kappa shape index (κ2) is 7.64. The van der Waals surface area contributed by atoms with Gasteiger partial charge in [0, 0.05) is 17.1 Å². The summed E-state index contributed by atoms with van der Waals surface area (Å²) in [5.74, 6) is 0.336. The summed E-state index contributed by atoms with van der Waals surface area (Å²) < 4.78 is 18.7. The minimum Gasteiger partial charge on any atom is -0.487 e. The van der Waals surface area contributed by atoms with E-state index in [2.05, 4.69) is 5.32 Å². The summed E-state index contributed by atoms with van der Waals surface area (Å²) >= 11 is 12.2. The number of halogens is 3. The van der Waals surface area contributed by atoms with Crippen LogP contribution >= 0.6 is 23.2 Å². The Morgan fingerprint density at radius 1 is 1.14 bits per heavy atom. The van der Waals surface area contributed by atoms with E-state index in [9.17, 15) is 4.39 Å². The molecule has 112 valence electrons. The first kappa shape index (κ1) is 16.1. The summed E-state index contributed by atoms with van der Waals surface area (Å²) in [5, 5.41) is 4.26. The van der Waals surface area contributed by atoms with Crippen molar-refractivity contribution in [3.63, 3.8) is 0 Å². The Bertz CT molecular complexity index is 602. The van der Waals surface area contributed by atoms with Crippen molar-refractivity contribution in [2.75, 3.05) is 6.54 Å². The molecule has 0 bridgehead atoms. The highest BCUT2D eigenvalue weighted by molar-refractivity contribution is 6.35. The molecule has 0 aliphatic heterocycles. The van der Waals surface area contributed by atoms with Gasteiger partial charge in [0.05, 0.1) is 5.02 Å². The third-order valence-corrected chi connectivity index (χ3v) is 3.45. The molecule has 2 aromatic carbocycles. The number of hydrogen-bond acceptors (Lipinski definition) is 2. The fraction of sp³-hybridized carbons (Fsp3) is 0.250. The van der Waals surface area contributed by atoms with E-state index in [1.54, 1.807) is 18.2 Å². The smallest absolute Gasteiger partial charge is 0.142 e. The highest BCUT2D eigenvalue weighted by atomic mass is 35.5. The molecule has 0 aliphatic rings. The molecule has 0 aromatic heterocycles. The first-order valence-electron chi connectivity index (χ1n) is 6.66. The Labute approximate surface area is 133 Å². The lowest BCUT2D eigenvalue weighted by Crippen LogP contribution is -2.13. The van der Waals surface area contributed by atoms with Crippen LogP contribution in [0.5, 0.6) is 5.75 Å². The van der Waals surface area contributed by atoms with Crippen molar-refractivity contribution < 1.29 is 9.13 Å². The Hall–Kier alpha value is -1.29. The zero-order valence-corrected chi connectivity index (χ0v) is 13.1. The Morgan fingerprint density at radius 2 is 1.86 bits per heavy atom. The number of ether oxygens (including phenoxy) is 1. The molecule has 0 spiro atoms. The van der Waals surface area contributed by atoms with Gasteiger partial charge in [0.2, 0.25) is 0 Å². The summed E-state index contributed by atoms with van der Waals surface area (Å²) in [4.78, 5) is 0. The van der Waals surface area contributed by atoms with Crippen molar-refractivity contribution in [2.45, 2.75) is 20.1 Å². The zero-order chi connectivity index (χ0) is 15.2. The van der Waals surface area contributed by atoms with E-state index in [4.69, 9.17) is 27.9 Å². The van der Waals surface area contributed by atoms with Gasteiger partial charge in [-0.2, -0.15) is 0 Å². The SMILES string of the molecule is CCNCc1cc(Cl)cc(Cl)c1OCc1ccc(F)cc1. The second-order valence-electron chi connectivity index (χ2n) is 4.57. The minimum absolute atomic E-state index is 0.267. The van der Waals surface area contributed by atoms with Gasteiger partial charge in [-0.15, -0.1) is 0 Å². The van der Waals surface area contributed by atoms with Crippen LogP contribution in [0, 0.1) is 5.82 Å². The van der Waals surface area contributed by atoms with E-state index in [0.717, 1.165) is 17.7 Å². The third kappa shape index (κ3) is 4.60. The molecule has 0 amide bonds. The van der Waals surface area contributed by atoms with Crippen LogP contribution in [0.4, 0.5) is 4.39 Å². The van der Waals surface area contributed by atoms with Gasteiger partial charge in [0.1, 0.15) is 18.2 Å². The van der Waals surface area contributed by atoms with Crippen molar-refractivity contribution in [2.24, 2.45) is 0 Å². The van der Waals surface area contributed by atoms with E-state index in [-0.39, 0.29) is 5.82 Å². The quantitative estimate of drug-likeness (QED) is 0.821. The van der Waals surface area contributed by atoms with Crippen molar-refractivity contribution in [3.8, 4) is 5.75 Å². The monoisotopic (exact) mass is 327 g/mol. The lowest BCUT2D eigenvalue weighted by atomic mass is 10.2. The van der Waals surface area contributed by atoms with Crippen LogP contribution in [-0.2, 0) is 13.2 Å². The summed E-state index contributed by atoms with van der Waals surface area (Å²) in [6.07, 6.45) is 0. The van der Waals surface area contributed by atoms with E-state index >= 15 is 0 Å². The maximum absolute atomic E-state index is 12.9. The van der Waals surface area contributed by atoms with Gasteiger partial charge in [-0.3, -0.25) is 0 Å². The van der Waals surface area contributed by atoms with Crippen LogP contribution in [0.25, 0.3) is 0 Å². The maximum atomic E-state index is 12.9. The average Bonchev–Trinajstić information content (AvgIpc) is 2.45. The highest BCUT2D eigenvalue weighted by Crippen LogP contribution is 2.33. The normalized spacial score (nSPS) is 10.7. The molecule has 0 aliphatic carbocycles. The number of benzene rings is 2. The summed E-state index contributed by atoms with van der Waals surface area (Å²) in [6, 6.07) is 9.66. The molecule has 0 heterocycles. The van der Waals surface area contributed by atoms with Crippen LogP contribution in [0.15, 0.2) is 36.4 Å². The van der Waals surface area contributed by atoms with Crippen LogP contribution in [-0.4, -0.2) is 6.54 Å². The molecule has 0 radical (unpaired) electrons. The standard InChI is InChI=1S/C16H16Cl2FNO/c1-2-20-9-12-7-13(17)8-15(18)16(12)21-10-11-3-5-14(19)6-4-11/h3-8,20H,2,9-10H2,1H3. The van der Waals surface area contributed by atoms with Crippen LogP contribution < -0.4 is 10.1 Å². The van der Waals surface area contributed by atoms with Crippen molar-refractivity contribution in [1.82, 2.24) is 5.32 Å². The molecular formula is C16H16Cl2FNO. The molecule has 2 rings (SSSR count). The van der Waals surface area contributed by atoms with Gasteiger partial charge in [0.15, 0.2) is 0 Å². The fourth-order valence-electron chi connectivity index (χ4n) is 1.90. The van der Waals surface area contributed by atoms with Gasteiger partial charge in [-0.1, -0.05) is 42.3 Å². The zero-order valence-electron chi connectivity index (χ0n) is 11.6. The minimum atomic E-state index is -0.267. The topological polar surface area (TPSA) is 21.3 Å². The van der Waals surface area contributed by atoms with Crippen molar-refractivity contribution >= 4 is 23.2 Å². The molecule has 0 unspecified atom stereocenters. The van der Waals surface area contributed by atoms with E-state index in [0.29, 0.717) is 28.9 Å². The molecule has 21 heavy (non-hydrogen) atoms. The first-order valence-corrected chi connectivity index (χ1v) is 7.41. The molecular weight excluding hydrogens is 312 g/mol. The lowest BCUT2D eigenvalue weighted by molar-refractivity contribution is 0.302. The molecule has 1 N–H and O–H groups in total. The molecule has 0 fully saturated rings. The molecule has 2 nitrogen and oxygen atoms in total. The maximum Gasteiger partial charge on any atom is 0.142 e.